The number of aromatic nitrogens is 2. The third kappa shape index (κ3) is 3.52. The van der Waals surface area contributed by atoms with E-state index >= 15 is 0 Å². The highest BCUT2D eigenvalue weighted by molar-refractivity contribution is 7.18. The van der Waals surface area contributed by atoms with Crippen molar-refractivity contribution in [3.8, 4) is 0 Å². The summed E-state index contributed by atoms with van der Waals surface area (Å²) in [6.45, 7) is 7.97. The molecule has 0 aliphatic heterocycles. The van der Waals surface area contributed by atoms with Crippen molar-refractivity contribution in [2.75, 3.05) is 0 Å². The van der Waals surface area contributed by atoms with E-state index in [9.17, 15) is 9.59 Å². The predicted octanol–water partition coefficient (Wildman–Crippen LogP) is 4.28. The van der Waals surface area contributed by atoms with Crippen molar-refractivity contribution in [2.45, 2.75) is 47.1 Å². The number of aromatic amines is 1. The zero-order valence-electron chi connectivity index (χ0n) is 14.7. The first-order valence-electron chi connectivity index (χ1n) is 8.16. The van der Waals surface area contributed by atoms with Crippen LogP contribution >= 0.6 is 22.7 Å². The monoisotopic (exact) mass is 376 g/mol. The lowest BCUT2D eigenvalue weighted by Gasteiger charge is -2.03. The van der Waals surface area contributed by atoms with Gasteiger partial charge in [0.15, 0.2) is 0 Å². The number of hydrogen-bond donors (Lipinski definition) is 1. The first-order valence-corrected chi connectivity index (χ1v) is 9.79. The molecule has 1 N–H and O–H groups in total. The van der Waals surface area contributed by atoms with Crippen molar-refractivity contribution < 1.29 is 9.53 Å². The number of carbonyl (C=O) groups excluding carboxylic acids is 1. The highest BCUT2D eigenvalue weighted by Crippen LogP contribution is 2.26. The first-order chi connectivity index (χ1) is 11.9. The lowest BCUT2D eigenvalue weighted by Crippen LogP contribution is -2.14. The Morgan fingerprint density at radius 2 is 2.00 bits per heavy atom. The van der Waals surface area contributed by atoms with Gasteiger partial charge in [-0.3, -0.25) is 4.79 Å². The summed E-state index contributed by atoms with van der Waals surface area (Å²) in [6.07, 6.45) is 2.00. The average molecular weight is 377 g/mol. The lowest BCUT2D eigenvalue weighted by molar-refractivity contribution is 0.0468. The van der Waals surface area contributed by atoms with Crippen LogP contribution in [0.1, 0.15) is 49.7 Å². The summed E-state index contributed by atoms with van der Waals surface area (Å²) in [5, 5.41) is 0.621. The molecule has 7 heteroatoms. The third-order valence-corrected chi connectivity index (χ3v) is 6.34. The van der Waals surface area contributed by atoms with Gasteiger partial charge in [0.1, 0.15) is 22.1 Å². The number of H-pyrrole nitrogens is 1. The molecule has 0 bridgehead atoms. The molecule has 0 atom stereocenters. The molecule has 0 unspecified atom stereocenters. The number of nitrogens with zero attached hydrogens (tertiary/aromatic N) is 1. The molecule has 0 saturated heterocycles. The number of esters is 1. The zero-order chi connectivity index (χ0) is 18.1. The van der Waals surface area contributed by atoms with Crippen LogP contribution in [0.25, 0.3) is 10.2 Å². The van der Waals surface area contributed by atoms with Gasteiger partial charge in [-0.05, 0) is 44.4 Å². The van der Waals surface area contributed by atoms with E-state index in [-0.39, 0.29) is 18.1 Å². The van der Waals surface area contributed by atoms with Gasteiger partial charge in [-0.15, -0.1) is 22.7 Å². The minimum atomic E-state index is -0.378. The normalized spacial score (nSPS) is 11.2. The van der Waals surface area contributed by atoms with Gasteiger partial charge in [0.2, 0.25) is 0 Å². The van der Waals surface area contributed by atoms with Crippen molar-refractivity contribution in [1.29, 1.82) is 0 Å². The molecule has 0 aromatic carbocycles. The standard InChI is InChI=1S/C18H20N2O3S2/c1-5-6-12-7-13(24-11(12)4)18(22)23-8-14-19-16(21)15-9(2)10(3)25-17(15)20-14/h7H,5-6,8H2,1-4H3,(H,19,20,21). The Balaban J connectivity index is 1.77. The number of ether oxygens (including phenoxy) is 1. The van der Waals surface area contributed by atoms with Crippen LogP contribution in [0.4, 0.5) is 0 Å². The number of rotatable bonds is 5. The van der Waals surface area contributed by atoms with Gasteiger partial charge < -0.3 is 9.72 Å². The summed E-state index contributed by atoms with van der Waals surface area (Å²) >= 11 is 2.92. The van der Waals surface area contributed by atoms with Crippen LogP contribution in [-0.4, -0.2) is 15.9 Å². The number of carbonyl (C=O) groups is 1. The quantitative estimate of drug-likeness (QED) is 0.675. The second kappa shape index (κ2) is 7.09. The molecule has 3 aromatic heterocycles. The number of hydrogen-bond acceptors (Lipinski definition) is 6. The summed E-state index contributed by atoms with van der Waals surface area (Å²) in [6, 6.07) is 1.90. The van der Waals surface area contributed by atoms with Gasteiger partial charge in [0.05, 0.1) is 5.39 Å². The van der Waals surface area contributed by atoms with Crippen LogP contribution < -0.4 is 5.56 Å². The van der Waals surface area contributed by atoms with E-state index in [0.29, 0.717) is 20.9 Å². The first kappa shape index (κ1) is 17.8. The van der Waals surface area contributed by atoms with E-state index in [4.69, 9.17) is 4.74 Å². The second-order valence-corrected chi connectivity index (χ2v) is 8.45. The maximum atomic E-state index is 12.3. The second-order valence-electron chi connectivity index (χ2n) is 5.99. The van der Waals surface area contributed by atoms with Crippen LogP contribution in [0.2, 0.25) is 0 Å². The van der Waals surface area contributed by atoms with Gasteiger partial charge in [-0.1, -0.05) is 13.3 Å². The Labute approximate surface area is 153 Å². The molecular weight excluding hydrogens is 356 g/mol. The summed E-state index contributed by atoms with van der Waals surface area (Å²) < 4.78 is 5.35. The molecule has 132 valence electrons. The summed E-state index contributed by atoms with van der Waals surface area (Å²) in [5.41, 5.74) is 1.96. The number of fused-ring (bicyclic) bond motifs is 1. The largest absolute Gasteiger partial charge is 0.453 e. The van der Waals surface area contributed by atoms with Crippen LogP contribution in [-0.2, 0) is 17.8 Å². The van der Waals surface area contributed by atoms with Crippen molar-refractivity contribution in [2.24, 2.45) is 0 Å². The van der Waals surface area contributed by atoms with Crippen LogP contribution in [0.15, 0.2) is 10.9 Å². The maximum Gasteiger partial charge on any atom is 0.348 e. The molecule has 5 nitrogen and oxygen atoms in total. The van der Waals surface area contributed by atoms with Crippen molar-refractivity contribution in [1.82, 2.24) is 9.97 Å². The van der Waals surface area contributed by atoms with Gasteiger partial charge in [-0.2, -0.15) is 0 Å². The fraction of sp³-hybridized carbons (Fsp3) is 0.389. The molecule has 0 saturated carbocycles. The molecule has 3 aromatic rings. The number of nitrogens with one attached hydrogen (secondary N) is 1. The van der Waals surface area contributed by atoms with Gasteiger partial charge in [0, 0.05) is 9.75 Å². The minimum Gasteiger partial charge on any atom is -0.453 e. The highest BCUT2D eigenvalue weighted by atomic mass is 32.1. The molecule has 0 spiro atoms. The van der Waals surface area contributed by atoms with Gasteiger partial charge in [-0.25, -0.2) is 9.78 Å². The van der Waals surface area contributed by atoms with Crippen molar-refractivity contribution in [3.05, 3.63) is 48.0 Å². The zero-order valence-corrected chi connectivity index (χ0v) is 16.3. The Bertz CT molecular complexity index is 998. The average Bonchev–Trinajstić information content (AvgIpc) is 3.06. The molecular formula is C18H20N2O3S2. The van der Waals surface area contributed by atoms with Crippen molar-refractivity contribution >= 4 is 38.9 Å². The summed E-state index contributed by atoms with van der Waals surface area (Å²) in [5.74, 6) is -0.00843. The van der Waals surface area contributed by atoms with E-state index < -0.39 is 0 Å². The highest BCUT2D eigenvalue weighted by Gasteiger charge is 2.16. The van der Waals surface area contributed by atoms with Crippen LogP contribution in [0.3, 0.4) is 0 Å². The molecule has 0 fully saturated rings. The van der Waals surface area contributed by atoms with Crippen LogP contribution in [0, 0.1) is 20.8 Å². The smallest absolute Gasteiger partial charge is 0.348 e. The van der Waals surface area contributed by atoms with Gasteiger partial charge >= 0.3 is 5.97 Å². The predicted molar refractivity (Wildman–Crippen MR) is 102 cm³/mol. The lowest BCUT2D eigenvalue weighted by atomic mass is 10.1. The van der Waals surface area contributed by atoms with Gasteiger partial charge in [0.25, 0.3) is 5.56 Å². The molecule has 25 heavy (non-hydrogen) atoms. The Kier molecular flexibility index (Phi) is 5.06. The third-order valence-electron chi connectivity index (χ3n) is 4.17. The molecule has 3 heterocycles. The SMILES string of the molecule is CCCc1cc(C(=O)OCc2nc3sc(C)c(C)c3c(=O)[nH]2)sc1C. The van der Waals surface area contributed by atoms with Crippen LogP contribution in [0.5, 0.6) is 0 Å². The van der Waals surface area contributed by atoms with E-state index in [1.165, 1.54) is 28.2 Å². The summed E-state index contributed by atoms with van der Waals surface area (Å²) in [4.78, 5) is 35.1. The summed E-state index contributed by atoms with van der Waals surface area (Å²) in [7, 11) is 0. The minimum absolute atomic E-state index is 0.0416. The Morgan fingerprint density at radius 1 is 1.24 bits per heavy atom. The maximum absolute atomic E-state index is 12.3. The fourth-order valence-corrected chi connectivity index (χ4v) is 4.72. The van der Waals surface area contributed by atoms with E-state index in [1.807, 2.05) is 26.8 Å². The Morgan fingerprint density at radius 3 is 2.72 bits per heavy atom. The molecule has 0 aliphatic carbocycles. The van der Waals surface area contributed by atoms with E-state index in [1.54, 1.807) is 0 Å². The Hall–Kier alpha value is -1.99. The fourth-order valence-electron chi connectivity index (χ4n) is 2.71. The number of thiophene rings is 2. The van der Waals surface area contributed by atoms with E-state index in [2.05, 4.69) is 16.9 Å². The molecule has 0 amide bonds. The van der Waals surface area contributed by atoms with E-state index in [0.717, 1.165) is 28.2 Å². The number of aryl methyl sites for hydroxylation is 4. The molecule has 0 radical (unpaired) electrons. The van der Waals surface area contributed by atoms with Crippen molar-refractivity contribution in [3.63, 3.8) is 0 Å². The topological polar surface area (TPSA) is 72.0 Å². The molecule has 3 rings (SSSR count). The molecule has 0 aliphatic rings.